The highest BCUT2D eigenvalue weighted by Crippen LogP contribution is 2.27. The molecule has 0 unspecified atom stereocenters. The second-order valence-corrected chi connectivity index (χ2v) is 9.89. The van der Waals surface area contributed by atoms with Gasteiger partial charge in [-0.05, 0) is 76.4 Å². The third kappa shape index (κ3) is 6.85. The SMILES string of the molecule is CCOC(=O)c1ccc(COc2ccc(/C=N\NC(=O)c3cc(-c4ccccc4)nc4ccccc34)cc2Br)cc1. The highest BCUT2D eigenvalue weighted by molar-refractivity contribution is 9.10. The Morgan fingerprint density at radius 1 is 0.927 bits per heavy atom. The Morgan fingerprint density at radius 2 is 1.68 bits per heavy atom. The summed E-state index contributed by atoms with van der Waals surface area (Å²) in [5, 5.41) is 4.93. The van der Waals surface area contributed by atoms with Crippen LogP contribution in [-0.4, -0.2) is 29.7 Å². The minimum absolute atomic E-state index is 0.329. The third-order valence-electron chi connectivity index (χ3n) is 6.23. The summed E-state index contributed by atoms with van der Waals surface area (Å²) in [5.41, 5.74) is 7.70. The van der Waals surface area contributed by atoms with Crippen molar-refractivity contribution < 1.29 is 19.1 Å². The summed E-state index contributed by atoms with van der Waals surface area (Å²) in [6.07, 6.45) is 1.57. The van der Waals surface area contributed by atoms with E-state index in [2.05, 4.69) is 26.5 Å². The average Bonchev–Trinajstić information content (AvgIpc) is 3.01. The molecule has 5 rings (SSSR count). The van der Waals surface area contributed by atoms with Crippen LogP contribution in [0.15, 0.2) is 113 Å². The van der Waals surface area contributed by atoms with Crippen LogP contribution in [0.5, 0.6) is 5.75 Å². The number of fused-ring (bicyclic) bond motifs is 1. The number of rotatable bonds is 9. The molecule has 1 heterocycles. The van der Waals surface area contributed by atoms with Gasteiger partial charge in [0.05, 0.1) is 39.6 Å². The van der Waals surface area contributed by atoms with Crippen LogP contribution in [0.2, 0.25) is 0 Å². The molecular formula is C33H26BrN3O4. The van der Waals surface area contributed by atoms with E-state index < -0.39 is 0 Å². The zero-order valence-corrected chi connectivity index (χ0v) is 23.8. The second-order valence-electron chi connectivity index (χ2n) is 9.03. The van der Waals surface area contributed by atoms with Crippen molar-refractivity contribution in [3.8, 4) is 17.0 Å². The van der Waals surface area contributed by atoms with Crippen molar-refractivity contribution in [2.24, 2.45) is 5.10 Å². The molecule has 0 atom stereocenters. The molecule has 0 radical (unpaired) electrons. The lowest BCUT2D eigenvalue weighted by atomic mass is 10.0. The van der Waals surface area contributed by atoms with Gasteiger partial charge in [-0.1, -0.05) is 60.7 Å². The molecule has 1 aromatic heterocycles. The Morgan fingerprint density at radius 3 is 2.44 bits per heavy atom. The lowest BCUT2D eigenvalue weighted by Crippen LogP contribution is -2.18. The van der Waals surface area contributed by atoms with Crippen LogP contribution in [0.4, 0.5) is 0 Å². The van der Waals surface area contributed by atoms with Gasteiger partial charge in [0.1, 0.15) is 12.4 Å². The van der Waals surface area contributed by atoms with Crippen molar-refractivity contribution in [2.75, 3.05) is 6.61 Å². The molecule has 41 heavy (non-hydrogen) atoms. The number of amides is 1. The zero-order valence-electron chi connectivity index (χ0n) is 22.2. The molecule has 0 aliphatic heterocycles. The molecule has 1 amide bonds. The minimum Gasteiger partial charge on any atom is -0.488 e. The topological polar surface area (TPSA) is 89.9 Å². The molecule has 0 saturated carbocycles. The van der Waals surface area contributed by atoms with Crippen LogP contribution in [0.25, 0.3) is 22.2 Å². The van der Waals surface area contributed by atoms with Crippen molar-refractivity contribution in [3.05, 3.63) is 130 Å². The maximum atomic E-state index is 13.2. The molecule has 4 aromatic carbocycles. The van der Waals surface area contributed by atoms with Crippen LogP contribution in [0.3, 0.4) is 0 Å². The van der Waals surface area contributed by atoms with E-state index in [1.165, 1.54) is 0 Å². The van der Waals surface area contributed by atoms with Crippen LogP contribution in [-0.2, 0) is 11.3 Å². The highest BCUT2D eigenvalue weighted by Gasteiger charge is 2.13. The summed E-state index contributed by atoms with van der Waals surface area (Å²) in [7, 11) is 0. The van der Waals surface area contributed by atoms with Crippen molar-refractivity contribution in [3.63, 3.8) is 0 Å². The predicted octanol–water partition coefficient (Wildman–Crippen LogP) is 7.18. The van der Waals surface area contributed by atoms with Gasteiger partial charge < -0.3 is 9.47 Å². The molecular weight excluding hydrogens is 582 g/mol. The summed E-state index contributed by atoms with van der Waals surface area (Å²) < 4.78 is 11.7. The number of hydrogen-bond acceptors (Lipinski definition) is 6. The number of aromatic nitrogens is 1. The fourth-order valence-corrected chi connectivity index (χ4v) is 4.68. The summed E-state index contributed by atoms with van der Waals surface area (Å²) in [6.45, 7) is 2.44. The fraction of sp³-hybridized carbons (Fsp3) is 0.0909. The number of hydrogen-bond donors (Lipinski definition) is 1. The Hall–Kier alpha value is -4.82. The standard InChI is InChI=1S/C33H26BrN3O4/c1-2-40-33(39)25-15-12-22(13-16-25)21-41-31-17-14-23(18-28(31)34)20-35-37-32(38)27-19-30(24-8-4-3-5-9-24)36-29-11-7-6-10-26(27)29/h3-20H,2,21H2,1H3,(H,37,38)/b35-20-. The first-order chi connectivity index (χ1) is 20.0. The first-order valence-electron chi connectivity index (χ1n) is 13.0. The number of ether oxygens (including phenoxy) is 2. The summed E-state index contributed by atoms with van der Waals surface area (Å²) in [6, 6.07) is 31.7. The van der Waals surface area contributed by atoms with Crippen LogP contribution in [0, 0.1) is 0 Å². The maximum Gasteiger partial charge on any atom is 0.338 e. The Kier molecular flexibility index (Phi) is 8.81. The molecule has 0 bridgehead atoms. The highest BCUT2D eigenvalue weighted by atomic mass is 79.9. The summed E-state index contributed by atoms with van der Waals surface area (Å²) in [4.78, 5) is 29.7. The van der Waals surface area contributed by atoms with Crippen molar-refractivity contribution in [1.29, 1.82) is 0 Å². The van der Waals surface area contributed by atoms with Gasteiger partial charge in [-0.25, -0.2) is 15.2 Å². The number of hydrazone groups is 1. The van der Waals surface area contributed by atoms with Gasteiger partial charge in [0.15, 0.2) is 0 Å². The molecule has 0 fully saturated rings. The normalized spacial score (nSPS) is 11.0. The second kappa shape index (κ2) is 13.0. The maximum absolute atomic E-state index is 13.2. The first-order valence-corrected chi connectivity index (χ1v) is 13.8. The Labute approximate surface area is 246 Å². The van der Waals surface area contributed by atoms with Crippen molar-refractivity contribution in [2.45, 2.75) is 13.5 Å². The number of carbonyl (C=O) groups is 2. The Balaban J connectivity index is 1.24. The summed E-state index contributed by atoms with van der Waals surface area (Å²) in [5.74, 6) is -0.0235. The number of carbonyl (C=O) groups excluding carboxylic acids is 2. The largest absolute Gasteiger partial charge is 0.488 e. The van der Waals surface area contributed by atoms with E-state index in [0.717, 1.165) is 32.1 Å². The lowest BCUT2D eigenvalue weighted by Gasteiger charge is -2.10. The van der Waals surface area contributed by atoms with E-state index in [0.29, 0.717) is 35.8 Å². The zero-order chi connectivity index (χ0) is 28.6. The van der Waals surface area contributed by atoms with E-state index in [1.807, 2.05) is 84.9 Å². The van der Waals surface area contributed by atoms with E-state index in [1.54, 1.807) is 31.3 Å². The number of benzene rings is 4. The number of para-hydroxylation sites is 1. The number of nitrogens with zero attached hydrogens (tertiary/aromatic N) is 2. The molecule has 0 spiro atoms. The molecule has 0 saturated heterocycles. The van der Waals surface area contributed by atoms with Gasteiger partial charge in [-0.3, -0.25) is 4.79 Å². The first kappa shape index (κ1) is 27.7. The minimum atomic E-state index is -0.345. The number of nitrogens with one attached hydrogen (secondary N) is 1. The fourth-order valence-electron chi connectivity index (χ4n) is 4.17. The molecule has 0 aliphatic carbocycles. The van der Waals surface area contributed by atoms with Gasteiger partial charge in [0, 0.05) is 10.9 Å². The molecule has 5 aromatic rings. The molecule has 8 heteroatoms. The predicted molar refractivity (Wildman–Crippen MR) is 163 cm³/mol. The van der Waals surface area contributed by atoms with Gasteiger partial charge >= 0.3 is 5.97 Å². The monoisotopic (exact) mass is 607 g/mol. The van der Waals surface area contributed by atoms with Crippen molar-refractivity contribution in [1.82, 2.24) is 10.4 Å². The van der Waals surface area contributed by atoms with Gasteiger partial charge in [-0.2, -0.15) is 5.10 Å². The van der Waals surface area contributed by atoms with Crippen molar-refractivity contribution >= 4 is 44.9 Å². The molecule has 204 valence electrons. The van der Waals surface area contributed by atoms with E-state index in [4.69, 9.17) is 14.5 Å². The number of pyridine rings is 1. The summed E-state index contributed by atoms with van der Waals surface area (Å²) >= 11 is 3.54. The third-order valence-corrected chi connectivity index (χ3v) is 6.85. The van der Waals surface area contributed by atoms with E-state index in [-0.39, 0.29) is 11.9 Å². The molecule has 7 nitrogen and oxygen atoms in total. The van der Waals surface area contributed by atoms with Crippen LogP contribution < -0.4 is 10.2 Å². The van der Waals surface area contributed by atoms with E-state index >= 15 is 0 Å². The lowest BCUT2D eigenvalue weighted by molar-refractivity contribution is 0.0526. The van der Waals surface area contributed by atoms with E-state index in [9.17, 15) is 9.59 Å². The van der Waals surface area contributed by atoms with Gasteiger partial charge in [0.2, 0.25) is 0 Å². The van der Waals surface area contributed by atoms with Gasteiger partial charge in [-0.15, -0.1) is 0 Å². The smallest absolute Gasteiger partial charge is 0.338 e. The van der Waals surface area contributed by atoms with Gasteiger partial charge in [0.25, 0.3) is 5.91 Å². The molecule has 1 N–H and O–H groups in total. The van der Waals surface area contributed by atoms with Crippen LogP contribution >= 0.6 is 15.9 Å². The quantitative estimate of drug-likeness (QED) is 0.109. The number of halogens is 1. The Bertz CT molecular complexity index is 1720. The number of esters is 1. The molecule has 0 aliphatic rings. The average molecular weight is 608 g/mol. The van der Waals surface area contributed by atoms with Crippen LogP contribution in [0.1, 0.15) is 38.8 Å².